The second-order valence-electron chi connectivity index (χ2n) is 7.09. The number of hydrogen-bond acceptors (Lipinski definition) is 2. The highest BCUT2D eigenvalue weighted by Gasteiger charge is 2.49. The second kappa shape index (κ2) is 4.55. The van der Waals surface area contributed by atoms with Gasteiger partial charge in [0.25, 0.3) is 0 Å². The van der Waals surface area contributed by atoms with Crippen LogP contribution >= 0.6 is 0 Å². The fourth-order valence-electron chi connectivity index (χ4n) is 4.29. The first-order valence-corrected chi connectivity index (χ1v) is 7.23. The van der Waals surface area contributed by atoms with Crippen LogP contribution in [0.5, 0.6) is 0 Å². The Kier molecular flexibility index (Phi) is 3.57. The van der Waals surface area contributed by atoms with E-state index in [1.807, 2.05) is 6.92 Å². The third kappa shape index (κ3) is 2.39. The first-order chi connectivity index (χ1) is 7.83. The van der Waals surface area contributed by atoms with Crippen LogP contribution in [-0.2, 0) is 0 Å². The largest absolute Gasteiger partial charge is 0.393 e. The van der Waals surface area contributed by atoms with Gasteiger partial charge in [-0.05, 0) is 62.2 Å². The maximum atomic E-state index is 10.6. The lowest BCUT2D eigenvalue weighted by Crippen LogP contribution is -2.52. The Morgan fingerprint density at radius 2 is 1.88 bits per heavy atom. The Hall–Kier alpha value is -0.0800. The van der Waals surface area contributed by atoms with Crippen LogP contribution in [0.4, 0.5) is 0 Å². The molecule has 0 spiro atoms. The summed E-state index contributed by atoms with van der Waals surface area (Å²) in [7, 11) is 0. The molecule has 0 heterocycles. The number of hydrogen-bond donors (Lipinski definition) is 2. The quantitative estimate of drug-likeness (QED) is 0.740. The zero-order valence-corrected chi connectivity index (χ0v) is 11.7. The van der Waals surface area contributed by atoms with E-state index in [2.05, 4.69) is 20.8 Å². The highest BCUT2D eigenvalue weighted by atomic mass is 16.3. The number of aliphatic hydroxyl groups excluding tert-OH is 1. The summed E-state index contributed by atoms with van der Waals surface area (Å²) in [5.74, 6) is 2.73. The molecule has 0 aromatic carbocycles. The zero-order valence-electron chi connectivity index (χ0n) is 11.7. The van der Waals surface area contributed by atoms with Crippen LogP contribution in [0.2, 0.25) is 0 Å². The van der Waals surface area contributed by atoms with Crippen molar-refractivity contribution >= 4 is 0 Å². The molecule has 2 saturated carbocycles. The molecular formula is C15H28O2. The van der Waals surface area contributed by atoms with Crippen molar-refractivity contribution in [2.45, 2.75) is 65.1 Å². The first kappa shape index (κ1) is 13.4. The van der Waals surface area contributed by atoms with E-state index < -0.39 is 5.60 Å². The van der Waals surface area contributed by atoms with Gasteiger partial charge in [0.05, 0.1) is 11.7 Å². The van der Waals surface area contributed by atoms with Gasteiger partial charge in [0.2, 0.25) is 0 Å². The summed E-state index contributed by atoms with van der Waals surface area (Å²) in [5, 5.41) is 20.6. The van der Waals surface area contributed by atoms with Crippen molar-refractivity contribution in [3.63, 3.8) is 0 Å². The van der Waals surface area contributed by atoms with E-state index in [1.165, 1.54) is 0 Å². The molecule has 2 aliphatic carbocycles. The van der Waals surface area contributed by atoms with Crippen molar-refractivity contribution in [2.24, 2.45) is 29.6 Å². The van der Waals surface area contributed by atoms with E-state index in [-0.39, 0.29) is 6.10 Å². The first-order valence-electron chi connectivity index (χ1n) is 7.23. The van der Waals surface area contributed by atoms with Crippen molar-refractivity contribution in [3.05, 3.63) is 0 Å². The average Bonchev–Trinajstić information content (AvgIpc) is 2.20. The monoisotopic (exact) mass is 240 g/mol. The summed E-state index contributed by atoms with van der Waals surface area (Å²) < 4.78 is 0. The number of aliphatic hydroxyl groups is 2. The van der Waals surface area contributed by atoms with E-state index >= 15 is 0 Å². The van der Waals surface area contributed by atoms with Crippen LogP contribution in [0.3, 0.4) is 0 Å². The van der Waals surface area contributed by atoms with Crippen LogP contribution in [-0.4, -0.2) is 21.9 Å². The summed E-state index contributed by atoms with van der Waals surface area (Å²) in [6, 6.07) is 0. The highest BCUT2D eigenvalue weighted by Crippen LogP contribution is 2.51. The SMILES string of the molecule is CC(C)C1CC[C@@](C)(O)C2C[C@@H](O)C(C)CC12. The molecule has 17 heavy (non-hydrogen) atoms. The minimum Gasteiger partial charge on any atom is -0.393 e. The van der Waals surface area contributed by atoms with Crippen LogP contribution in [0.15, 0.2) is 0 Å². The van der Waals surface area contributed by atoms with Crippen molar-refractivity contribution < 1.29 is 10.2 Å². The van der Waals surface area contributed by atoms with Gasteiger partial charge in [-0.15, -0.1) is 0 Å². The molecule has 0 radical (unpaired) electrons. The van der Waals surface area contributed by atoms with Crippen molar-refractivity contribution in [3.8, 4) is 0 Å². The molecule has 2 heteroatoms. The molecule has 100 valence electrons. The summed E-state index contributed by atoms with van der Waals surface area (Å²) in [6.45, 7) is 8.74. The molecular weight excluding hydrogens is 212 g/mol. The Morgan fingerprint density at radius 3 is 2.47 bits per heavy atom. The molecule has 0 saturated heterocycles. The van der Waals surface area contributed by atoms with Crippen molar-refractivity contribution in [1.29, 1.82) is 0 Å². The summed E-state index contributed by atoms with van der Waals surface area (Å²) >= 11 is 0. The molecule has 2 rings (SSSR count). The van der Waals surface area contributed by atoms with Gasteiger partial charge >= 0.3 is 0 Å². The summed E-state index contributed by atoms with van der Waals surface area (Å²) in [4.78, 5) is 0. The van der Waals surface area contributed by atoms with E-state index in [1.54, 1.807) is 0 Å². The molecule has 4 unspecified atom stereocenters. The Balaban J connectivity index is 2.21. The molecule has 2 aliphatic rings. The lowest BCUT2D eigenvalue weighted by Gasteiger charge is -2.53. The number of rotatable bonds is 1. The minimum absolute atomic E-state index is 0.214. The van der Waals surface area contributed by atoms with Gasteiger partial charge in [0.15, 0.2) is 0 Å². The lowest BCUT2D eigenvalue weighted by atomic mass is 9.55. The molecule has 6 atom stereocenters. The minimum atomic E-state index is -0.558. The van der Waals surface area contributed by atoms with Crippen LogP contribution in [0.1, 0.15) is 53.4 Å². The van der Waals surface area contributed by atoms with Gasteiger partial charge in [0.1, 0.15) is 0 Å². The molecule has 0 amide bonds. The number of fused-ring (bicyclic) bond motifs is 1. The normalized spacial score (nSPS) is 51.4. The predicted octanol–water partition coefficient (Wildman–Crippen LogP) is 2.83. The van der Waals surface area contributed by atoms with Crippen LogP contribution in [0.25, 0.3) is 0 Å². The van der Waals surface area contributed by atoms with Crippen molar-refractivity contribution in [2.75, 3.05) is 0 Å². The van der Waals surface area contributed by atoms with Gasteiger partial charge in [0, 0.05) is 0 Å². The van der Waals surface area contributed by atoms with E-state index in [0.29, 0.717) is 23.7 Å². The average molecular weight is 240 g/mol. The van der Waals surface area contributed by atoms with E-state index in [4.69, 9.17) is 0 Å². The van der Waals surface area contributed by atoms with E-state index in [9.17, 15) is 10.2 Å². The molecule has 0 aromatic rings. The fourth-order valence-corrected chi connectivity index (χ4v) is 4.29. The van der Waals surface area contributed by atoms with Gasteiger partial charge in [-0.25, -0.2) is 0 Å². The van der Waals surface area contributed by atoms with Gasteiger partial charge in [-0.3, -0.25) is 0 Å². The summed E-state index contributed by atoms with van der Waals surface area (Å²) in [6.07, 6.45) is 3.72. The topological polar surface area (TPSA) is 40.5 Å². The van der Waals surface area contributed by atoms with E-state index in [0.717, 1.165) is 31.6 Å². The highest BCUT2D eigenvalue weighted by molar-refractivity contribution is 5.00. The second-order valence-corrected chi connectivity index (χ2v) is 7.09. The maximum absolute atomic E-state index is 10.6. The van der Waals surface area contributed by atoms with Gasteiger partial charge in [-0.1, -0.05) is 20.8 Å². The standard InChI is InChI=1S/C15H28O2/c1-9(2)11-5-6-15(4,17)13-8-14(16)10(3)7-12(11)13/h9-14,16-17H,5-8H2,1-4H3/t10?,11?,12?,13?,14-,15-/m1/s1. The zero-order chi connectivity index (χ0) is 12.8. The Labute approximate surface area is 105 Å². The van der Waals surface area contributed by atoms with Crippen LogP contribution in [0, 0.1) is 29.6 Å². The Bertz CT molecular complexity index is 272. The Morgan fingerprint density at radius 1 is 1.24 bits per heavy atom. The van der Waals surface area contributed by atoms with Crippen molar-refractivity contribution in [1.82, 2.24) is 0 Å². The molecule has 0 bridgehead atoms. The molecule has 2 nitrogen and oxygen atoms in total. The lowest BCUT2D eigenvalue weighted by molar-refractivity contribution is -0.134. The molecule has 0 aliphatic heterocycles. The smallest absolute Gasteiger partial charge is 0.0651 e. The third-order valence-electron chi connectivity index (χ3n) is 5.50. The maximum Gasteiger partial charge on any atom is 0.0651 e. The van der Waals surface area contributed by atoms with Gasteiger partial charge < -0.3 is 10.2 Å². The summed E-state index contributed by atoms with van der Waals surface area (Å²) in [5.41, 5.74) is -0.558. The molecule has 2 N–H and O–H groups in total. The third-order valence-corrected chi connectivity index (χ3v) is 5.50. The van der Waals surface area contributed by atoms with Crippen LogP contribution < -0.4 is 0 Å². The molecule has 2 fully saturated rings. The molecule has 0 aromatic heterocycles. The predicted molar refractivity (Wildman–Crippen MR) is 69.6 cm³/mol. The fraction of sp³-hybridized carbons (Fsp3) is 1.00. The van der Waals surface area contributed by atoms with Gasteiger partial charge in [-0.2, -0.15) is 0 Å².